The number of pyridine rings is 1. The number of aromatic nitrogens is 1. The maximum Gasteiger partial charge on any atom is 0.231 e. The summed E-state index contributed by atoms with van der Waals surface area (Å²) < 4.78 is 24.0. The third-order valence-corrected chi connectivity index (χ3v) is 3.01. The van der Waals surface area contributed by atoms with E-state index in [9.17, 15) is 4.39 Å². The van der Waals surface area contributed by atoms with Gasteiger partial charge in [0.15, 0.2) is 11.5 Å². The van der Waals surface area contributed by atoms with Crippen molar-refractivity contribution in [2.75, 3.05) is 6.79 Å². The molecule has 2 aromatic rings. The van der Waals surface area contributed by atoms with Gasteiger partial charge in [-0.25, -0.2) is 4.39 Å². The van der Waals surface area contributed by atoms with Crippen LogP contribution in [0.15, 0.2) is 30.6 Å². The molecular formula is C13H10Cl2FNO2. The molecule has 19 heavy (non-hydrogen) atoms. The molecule has 0 saturated heterocycles. The lowest BCUT2D eigenvalue weighted by Gasteiger charge is -2.08. The molecule has 0 fully saturated rings. The van der Waals surface area contributed by atoms with Crippen LogP contribution in [0, 0.1) is 5.82 Å². The second-order valence-electron chi connectivity index (χ2n) is 3.90. The number of benzene rings is 1. The van der Waals surface area contributed by atoms with Crippen LogP contribution >= 0.6 is 24.0 Å². The van der Waals surface area contributed by atoms with E-state index in [0.29, 0.717) is 22.9 Å². The van der Waals surface area contributed by atoms with Crippen molar-refractivity contribution in [1.29, 1.82) is 0 Å². The minimum Gasteiger partial charge on any atom is -0.454 e. The predicted octanol–water partition coefficient (Wildman–Crippen LogP) is 3.78. The summed E-state index contributed by atoms with van der Waals surface area (Å²) in [6.45, 7) is 0.164. The zero-order valence-electron chi connectivity index (χ0n) is 9.73. The van der Waals surface area contributed by atoms with Gasteiger partial charge in [0.05, 0.1) is 6.20 Å². The molecule has 3 nitrogen and oxygen atoms in total. The largest absolute Gasteiger partial charge is 0.454 e. The third kappa shape index (κ3) is 2.60. The Morgan fingerprint density at radius 3 is 2.79 bits per heavy atom. The molecule has 0 unspecified atom stereocenters. The highest BCUT2D eigenvalue weighted by Gasteiger charge is 2.20. The Bertz CT molecular complexity index is 607. The second kappa shape index (κ2) is 5.63. The smallest absolute Gasteiger partial charge is 0.231 e. The van der Waals surface area contributed by atoms with Crippen LogP contribution in [-0.4, -0.2) is 11.8 Å². The molecule has 6 heteroatoms. The van der Waals surface area contributed by atoms with E-state index in [4.69, 9.17) is 21.1 Å². The van der Waals surface area contributed by atoms with Crippen molar-refractivity contribution in [3.05, 3.63) is 42.0 Å². The highest BCUT2D eigenvalue weighted by atomic mass is 35.5. The van der Waals surface area contributed by atoms with Gasteiger partial charge in [-0.3, -0.25) is 4.98 Å². The summed E-state index contributed by atoms with van der Waals surface area (Å²) in [6, 6.07) is 5.09. The molecule has 0 saturated carbocycles. The van der Waals surface area contributed by atoms with Crippen molar-refractivity contribution in [2.24, 2.45) is 0 Å². The number of fused-ring (bicyclic) bond motifs is 1. The van der Waals surface area contributed by atoms with Gasteiger partial charge >= 0.3 is 0 Å². The molecule has 1 aromatic heterocycles. The number of nitrogens with zero attached hydrogens (tertiary/aromatic N) is 1. The molecule has 0 bridgehead atoms. The van der Waals surface area contributed by atoms with Gasteiger partial charge in [-0.15, -0.1) is 24.0 Å². The fraction of sp³-hybridized carbons (Fsp3) is 0.154. The van der Waals surface area contributed by atoms with E-state index in [1.807, 2.05) is 12.1 Å². The Morgan fingerprint density at radius 2 is 2.05 bits per heavy atom. The number of hydrogen-bond donors (Lipinski definition) is 0. The lowest BCUT2D eigenvalue weighted by Crippen LogP contribution is -1.93. The number of hydrogen-bond acceptors (Lipinski definition) is 3. The van der Waals surface area contributed by atoms with E-state index in [2.05, 4.69) is 4.98 Å². The van der Waals surface area contributed by atoms with Crippen LogP contribution in [0.25, 0.3) is 11.1 Å². The molecule has 100 valence electrons. The van der Waals surface area contributed by atoms with Crippen molar-refractivity contribution in [1.82, 2.24) is 4.98 Å². The molecule has 1 aromatic carbocycles. The van der Waals surface area contributed by atoms with Crippen LogP contribution < -0.4 is 9.47 Å². The van der Waals surface area contributed by atoms with E-state index < -0.39 is 5.82 Å². The van der Waals surface area contributed by atoms with Gasteiger partial charge in [-0.05, 0) is 23.8 Å². The quantitative estimate of drug-likeness (QED) is 0.791. The van der Waals surface area contributed by atoms with Crippen LogP contribution in [0.4, 0.5) is 4.39 Å². The number of alkyl halides is 1. The zero-order valence-corrected chi connectivity index (χ0v) is 11.3. The van der Waals surface area contributed by atoms with Gasteiger partial charge in [0.2, 0.25) is 6.79 Å². The summed E-state index contributed by atoms with van der Waals surface area (Å²) in [5, 5.41) is 0. The van der Waals surface area contributed by atoms with E-state index >= 15 is 0 Å². The first-order valence-corrected chi connectivity index (χ1v) is 5.91. The number of rotatable bonds is 2. The van der Waals surface area contributed by atoms with Gasteiger partial charge in [0.1, 0.15) is 5.82 Å². The fourth-order valence-corrected chi connectivity index (χ4v) is 2.07. The highest BCUT2D eigenvalue weighted by Crippen LogP contribution is 2.42. The average molecular weight is 302 g/mol. The van der Waals surface area contributed by atoms with Crippen LogP contribution in [0.3, 0.4) is 0 Å². The van der Waals surface area contributed by atoms with Crippen molar-refractivity contribution in [3.8, 4) is 22.6 Å². The van der Waals surface area contributed by atoms with Gasteiger partial charge in [0.25, 0.3) is 0 Å². The minimum atomic E-state index is -0.392. The van der Waals surface area contributed by atoms with Gasteiger partial charge in [-0.1, -0.05) is 0 Å². The Balaban J connectivity index is 0.00000133. The summed E-state index contributed by atoms with van der Waals surface area (Å²) in [4.78, 5) is 3.84. The Kier molecular flexibility index (Phi) is 4.12. The van der Waals surface area contributed by atoms with Crippen LogP contribution in [0.2, 0.25) is 0 Å². The summed E-state index contributed by atoms with van der Waals surface area (Å²) >= 11 is 5.83. The molecule has 0 radical (unpaired) electrons. The van der Waals surface area contributed by atoms with E-state index in [-0.39, 0.29) is 19.2 Å². The fourth-order valence-electron chi connectivity index (χ4n) is 1.92. The van der Waals surface area contributed by atoms with Crippen molar-refractivity contribution < 1.29 is 13.9 Å². The minimum absolute atomic E-state index is 0. The SMILES string of the molecule is Cl.Fc1cncc(-c2cc(CCl)cc3c2OCO3)c1. The molecule has 0 aliphatic carbocycles. The maximum absolute atomic E-state index is 13.2. The maximum atomic E-state index is 13.2. The average Bonchev–Trinajstić information content (AvgIpc) is 2.85. The van der Waals surface area contributed by atoms with Crippen LogP contribution in [0.1, 0.15) is 5.56 Å². The Labute approximate surface area is 120 Å². The molecule has 2 heterocycles. The van der Waals surface area contributed by atoms with E-state index in [1.165, 1.54) is 6.07 Å². The van der Waals surface area contributed by atoms with Gasteiger partial charge in [0, 0.05) is 23.2 Å². The molecule has 0 N–H and O–H groups in total. The second-order valence-corrected chi connectivity index (χ2v) is 4.17. The zero-order chi connectivity index (χ0) is 12.5. The first-order valence-electron chi connectivity index (χ1n) is 5.37. The van der Waals surface area contributed by atoms with Crippen LogP contribution in [0.5, 0.6) is 11.5 Å². The van der Waals surface area contributed by atoms with Gasteiger partial charge in [-0.2, -0.15) is 0 Å². The lowest BCUT2D eigenvalue weighted by molar-refractivity contribution is 0.174. The molecule has 1 aliphatic rings. The monoisotopic (exact) mass is 301 g/mol. The summed E-state index contributed by atoms with van der Waals surface area (Å²) in [5.41, 5.74) is 2.27. The Morgan fingerprint density at radius 1 is 1.21 bits per heavy atom. The summed E-state index contributed by atoms with van der Waals surface area (Å²) in [6.07, 6.45) is 2.74. The first-order chi connectivity index (χ1) is 8.78. The van der Waals surface area contributed by atoms with Crippen molar-refractivity contribution in [3.63, 3.8) is 0 Å². The molecular weight excluding hydrogens is 292 g/mol. The van der Waals surface area contributed by atoms with Crippen molar-refractivity contribution >= 4 is 24.0 Å². The predicted molar refractivity (Wildman–Crippen MR) is 72.6 cm³/mol. The molecule has 3 rings (SSSR count). The Hall–Kier alpha value is -1.52. The van der Waals surface area contributed by atoms with Crippen LogP contribution in [-0.2, 0) is 5.88 Å². The van der Waals surface area contributed by atoms with Crippen molar-refractivity contribution in [2.45, 2.75) is 5.88 Å². The molecule has 0 amide bonds. The first kappa shape index (κ1) is 13.9. The molecule has 0 spiro atoms. The van der Waals surface area contributed by atoms with E-state index in [0.717, 1.165) is 17.3 Å². The molecule has 1 aliphatic heterocycles. The lowest BCUT2D eigenvalue weighted by atomic mass is 10.0. The topological polar surface area (TPSA) is 31.4 Å². The number of halogens is 3. The highest BCUT2D eigenvalue weighted by molar-refractivity contribution is 6.17. The summed E-state index contributed by atoms with van der Waals surface area (Å²) in [7, 11) is 0. The van der Waals surface area contributed by atoms with E-state index in [1.54, 1.807) is 6.20 Å². The third-order valence-electron chi connectivity index (χ3n) is 2.70. The van der Waals surface area contributed by atoms with Gasteiger partial charge < -0.3 is 9.47 Å². The normalized spacial score (nSPS) is 12.1. The standard InChI is InChI=1S/C13H9ClFNO2.ClH/c14-4-8-1-11(9-3-10(15)6-16-5-9)13-12(2-8)17-7-18-13;/h1-3,5-6H,4,7H2;1H. The summed E-state index contributed by atoms with van der Waals surface area (Å²) in [5.74, 6) is 1.20. The molecule has 0 atom stereocenters. The number of ether oxygens (including phenoxy) is 2.